The van der Waals surface area contributed by atoms with Gasteiger partial charge < -0.3 is 14.3 Å². The van der Waals surface area contributed by atoms with Crippen molar-refractivity contribution in [2.75, 3.05) is 14.2 Å². The van der Waals surface area contributed by atoms with Crippen molar-refractivity contribution in [1.82, 2.24) is 5.06 Å². The van der Waals surface area contributed by atoms with E-state index in [0.29, 0.717) is 17.9 Å². The first-order chi connectivity index (χ1) is 9.08. The van der Waals surface area contributed by atoms with Crippen molar-refractivity contribution in [2.24, 2.45) is 0 Å². The molecule has 0 spiro atoms. The first-order valence-electron chi connectivity index (χ1n) is 6.20. The van der Waals surface area contributed by atoms with E-state index >= 15 is 0 Å². The zero-order valence-corrected chi connectivity index (χ0v) is 11.2. The van der Waals surface area contributed by atoms with Gasteiger partial charge in [0, 0.05) is 33.5 Å². The Morgan fingerprint density at radius 1 is 1.16 bits per heavy atom. The second-order valence-electron chi connectivity index (χ2n) is 4.19. The number of amides is 2. The van der Waals surface area contributed by atoms with E-state index in [0.717, 1.165) is 6.42 Å². The molecule has 1 heterocycles. The van der Waals surface area contributed by atoms with Crippen LogP contribution in [-0.2, 0) is 28.7 Å². The molecular formula is C12H19NO6. The average molecular weight is 273 g/mol. The molecule has 1 aliphatic rings. The van der Waals surface area contributed by atoms with E-state index in [1.54, 1.807) is 14.2 Å². The molecule has 0 unspecified atom stereocenters. The van der Waals surface area contributed by atoms with Crippen LogP contribution >= 0.6 is 0 Å². The third-order valence-electron chi connectivity index (χ3n) is 2.80. The number of carbonyl (C=O) groups is 3. The Labute approximate surface area is 111 Å². The Balaban J connectivity index is 2.18. The van der Waals surface area contributed by atoms with Gasteiger partial charge in [0.2, 0.25) is 0 Å². The van der Waals surface area contributed by atoms with Gasteiger partial charge in [-0.25, -0.2) is 4.79 Å². The molecule has 1 aliphatic heterocycles. The second kappa shape index (κ2) is 7.85. The molecule has 0 radical (unpaired) electrons. The number of rotatable bonds is 8. The number of methoxy groups -OCH3 is 2. The van der Waals surface area contributed by atoms with E-state index in [1.807, 2.05) is 0 Å². The summed E-state index contributed by atoms with van der Waals surface area (Å²) < 4.78 is 10.0. The third-order valence-corrected chi connectivity index (χ3v) is 2.80. The predicted octanol–water partition coefficient (Wildman–Crippen LogP) is 0.773. The largest absolute Gasteiger partial charge is 0.356 e. The van der Waals surface area contributed by atoms with Crippen molar-refractivity contribution in [3.63, 3.8) is 0 Å². The van der Waals surface area contributed by atoms with E-state index in [9.17, 15) is 14.4 Å². The topological polar surface area (TPSA) is 82.1 Å². The van der Waals surface area contributed by atoms with Crippen LogP contribution in [0.2, 0.25) is 0 Å². The lowest BCUT2D eigenvalue weighted by Crippen LogP contribution is -2.31. The monoisotopic (exact) mass is 273 g/mol. The first kappa shape index (κ1) is 15.6. The third kappa shape index (κ3) is 4.96. The van der Waals surface area contributed by atoms with Crippen LogP contribution in [0.4, 0.5) is 0 Å². The number of hydroxylamine groups is 2. The number of imide groups is 1. The highest BCUT2D eigenvalue weighted by atomic mass is 16.7. The van der Waals surface area contributed by atoms with Crippen molar-refractivity contribution >= 4 is 17.8 Å². The van der Waals surface area contributed by atoms with E-state index in [2.05, 4.69) is 0 Å². The van der Waals surface area contributed by atoms with Crippen molar-refractivity contribution < 1.29 is 28.7 Å². The summed E-state index contributed by atoms with van der Waals surface area (Å²) in [6.07, 6.45) is 2.06. The number of ether oxygens (including phenoxy) is 2. The first-order valence-corrected chi connectivity index (χ1v) is 6.20. The molecule has 1 rings (SSSR count). The second-order valence-corrected chi connectivity index (χ2v) is 4.19. The zero-order valence-electron chi connectivity index (χ0n) is 11.2. The van der Waals surface area contributed by atoms with Gasteiger partial charge in [0.1, 0.15) is 0 Å². The van der Waals surface area contributed by atoms with Crippen LogP contribution in [0.25, 0.3) is 0 Å². The summed E-state index contributed by atoms with van der Waals surface area (Å²) in [4.78, 5) is 38.6. The van der Waals surface area contributed by atoms with Gasteiger partial charge in [-0.3, -0.25) is 9.59 Å². The zero-order chi connectivity index (χ0) is 14.3. The molecule has 7 nitrogen and oxygen atoms in total. The minimum atomic E-state index is -0.574. The summed E-state index contributed by atoms with van der Waals surface area (Å²) in [7, 11) is 3.10. The molecule has 0 aliphatic carbocycles. The van der Waals surface area contributed by atoms with E-state index in [4.69, 9.17) is 14.3 Å². The summed E-state index contributed by atoms with van der Waals surface area (Å²) in [5.74, 6) is -1.50. The molecule has 19 heavy (non-hydrogen) atoms. The minimum Gasteiger partial charge on any atom is -0.356 e. The normalized spacial score (nSPS) is 15.4. The molecular weight excluding hydrogens is 254 g/mol. The highest BCUT2D eigenvalue weighted by molar-refractivity contribution is 6.01. The fraction of sp³-hybridized carbons (Fsp3) is 0.750. The lowest BCUT2D eigenvalue weighted by atomic mass is 10.2. The van der Waals surface area contributed by atoms with E-state index in [1.165, 1.54) is 0 Å². The van der Waals surface area contributed by atoms with Crippen LogP contribution in [0, 0.1) is 0 Å². The average Bonchev–Trinajstić information content (AvgIpc) is 2.71. The van der Waals surface area contributed by atoms with E-state index < -0.39 is 17.8 Å². The maximum absolute atomic E-state index is 11.4. The summed E-state index contributed by atoms with van der Waals surface area (Å²) >= 11 is 0. The van der Waals surface area contributed by atoms with Gasteiger partial charge >= 0.3 is 5.97 Å². The molecule has 0 aromatic heterocycles. The molecule has 7 heteroatoms. The number of hydrogen-bond acceptors (Lipinski definition) is 6. The molecule has 0 aromatic carbocycles. The fourth-order valence-corrected chi connectivity index (χ4v) is 1.72. The van der Waals surface area contributed by atoms with Crippen LogP contribution in [0.3, 0.4) is 0 Å². The summed E-state index contributed by atoms with van der Waals surface area (Å²) in [5, 5.41) is 0.565. The van der Waals surface area contributed by atoms with Crippen LogP contribution in [0.5, 0.6) is 0 Å². The smallest absolute Gasteiger partial charge is 0.333 e. The van der Waals surface area contributed by atoms with Crippen LogP contribution in [-0.4, -0.2) is 43.4 Å². The van der Waals surface area contributed by atoms with Gasteiger partial charge in [-0.05, 0) is 19.3 Å². The van der Waals surface area contributed by atoms with Crippen LogP contribution in [0.1, 0.15) is 38.5 Å². The number of unbranched alkanes of at least 4 members (excludes halogenated alkanes) is 1. The molecule has 1 saturated heterocycles. The standard InChI is InChI=1S/C12H19NO6/c1-17-12(18-2)6-4-3-5-11(16)19-13-9(14)7-8-10(13)15/h12H,3-8H2,1-2H3. The molecule has 0 aromatic rings. The minimum absolute atomic E-state index is 0.107. The Morgan fingerprint density at radius 3 is 2.26 bits per heavy atom. The van der Waals surface area contributed by atoms with Crippen molar-refractivity contribution in [1.29, 1.82) is 0 Å². The van der Waals surface area contributed by atoms with Gasteiger partial charge in [-0.1, -0.05) is 0 Å². The SMILES string of the molecule is COC(CCCCC(=O)ON1C(=O)CCC1=O)OC. The maximum Gasteiger partial charge on any atom is 0.333 e. The van der Waals surface area contributed by atoms with Crippen LogP contribution < -0.4 is 0 Å². The molecule has 1 fully saturated rings. The van der Waals surface area contributed by atoms with Crippen molar-refractivity contribution in [3.8, 4) is 0 Å². The summed E-state index contributed by atoms with van der Waals surface area (Å²) in [6, 6.07) is 0. The number of carbonyl (C=O) groups excluding carboxylic acids is 3. The summed E-state index contributed by atoms with van der Waals surface area (Å²) in [5.41, 5.74) is 0. The van der Waals surface area contributed by atoms with Crippen molar-refractivity contribution in [2.45, 2.75) is 44.8 Å². The van der Waals surface area contributed by atoms with E-state index in [-0.39, 0.29) is 25.6 Å². The van der Waals surface area contributed by atoms with Gasteiger partial charge in [0.05, 0.1) is 0 Å². The number of hydrogen-bond donors (Lipinski definition) is 0. The molecule has 2 amide bonds. The molecule has 0 saturated carbocycles. The number of nitrogens with zero attached hydrogens (tertiary/aromatic N) is 1. The lowest BCUT2D eigenvalue weighted by Gasteiger charge is -2.14. The highest BCUT2D eigenvalue weighted by Crippen LogP contribution is 2.14. The lowest BCUT2D eigenvalue weighted by molar-refractivity contribution is -0.197. The van der Waals surface area contributed by atoms with Gasteiger partial charge in [-0.2, -0.15) is 0 Å². The van der Waals surface area contributed by atoms with Gasteiger partial charge in [0.15, 0.2) is 6.29 Å². The van der Waals surface area contributed by atoms with Gasteiger partial charge in [-0.15, -0.1) is 5.06 Å². The summed E-state index contributed by atoms with van der Waals surface area (Å²) in [6.45, 7) is 0. The Hall–Kier alpha value is -1.47. The maximum atomic E-state index is 11.4. The van der Waals surface area contributed by atoms with Crippen molar-refractivity contribution in [3.05, 3.63) is 0 Å². The predicted molar refractivity (Wildman–Crippen MR) is 63.5 cm³/mol. The molecule has 0 N–H and O–H groups in total. The quantitative estimate of drug-likeness (QED) is 0.369. The highest BCUT2D eigenvalue weighted by Gasteiger charge is 2.32. The molecule has 108 valence electrons. The Morgan fingerprint density at radius 2 is 1.74 bits per heavy atom. The fourth-order valence-electron chi connectivity index (χ4n) is 1.72. The van der Waals surface area contributed by atoms with Gasteiger partial charge in [0.25, 0.3) is 11.8 Å². The Kier molecular flexibility index (Phi) is 6.44. The Bertz CT molecular complexity index is 323. The molecule has 0 bridgehead atoms. The molecule has 0 atom stereocenters. The van der Waals surface area contributed by atoms with Crippen LogP contribution in [0.15, 0.2) is 0 Å².